The molecule has 3 nitrogen and oxygen atoms in total. The van der Waals surface area contributed by atoms with Gasteiger partial charge in [0, 0.05) is 6.42 Å². The first-order valence-electron chi connectivity index (χ1n) is 10.2. The lowest BCUT2D eigenvalue weighted by atomic mass is 9.97. The Balaban J connectivity index is 0.000000921. The van der Waals surface area contributed by atoms with Gasteiger partial charge in [0.05, 0.1) is 11.8 Å². The van der Waals surface area contributed by atoms with Crippen LogP contribution in [-0.4, -0.2) is 22.5 Å². The molecule has 0 spiro atoms. The molecular weight excluding hydrogens is 368 g/mol. The van der Waals surface area contributed by atoms with Gasteiger partial charge >= 0.3 is 0 Å². The van der Waals surface area contributed by atoms with Crippen molar-refractivity contribution in [3.63, 3.8) is 0 Å². The second-order valence-corrected chi connectivity index (χ2v) is 6.54. The van der Waals surface area contributed by atoms with Gasteiger partial charge in [-0.3, -0.25) is 4.79 Å². The minimum atomic E-state index is -0.167. The maximum absolute atomic E-state index is 12.2. The highest BCUT2D eigenvalue weighted by atomic mass is 35.5. The third-order valence-electron chi connectivity index (χ3n) is 4.35. The highest BCUT2D eigenvalue weighted by molar-refractivity contribution is 6.27. The van der Waals surface area contributed by atoms with Crippen LogP contribution in [0.15, 0.2) is 65.3 Å². The monoisotopic (exact) mass is 400 g/mol. The Labute approximate surface area is 175 Å². The van der Waals surface area contributed by atoms with Gasteiger partial charge in [-0.1, -0.05) is 94.8 Å². The van der Waals surface area contributed by atoms with E-state index in [4.69, 9.17) is 11.6 Å². The smallest absolute Gasteiger partial charge is 0.258 e. The molecule has 2 unspecified atom stereocenters. The summed E-state index contributed by atoms with van der Waals surface area (Å²) >= 11 is 5.79. The van der Waals surface area contributed by atoms with E-state index in [9.17, 15) is 4.79 Å². The van der Waals surface area contributed by atoms with Crippen LogP contribution < -0.4 is 0 Å². The molecular formula is C24H33ClN2O. The molecule has 0 aromatic heterocycles. The Morgan fingerprint density at radius 1 is 1.14 bits per heavy atom. The van der Waals surface area contributed by atoms with Crippen molar-refractivity contribution in [2.24, 2.45) is 11.0 Å². The van der Waals surface area contributed by atoms with Crippen LogP contribution in [0.25, 0.3) is 0 Å². The molecule has 0 bridgehead atoms. The number of rotatable bonds is 3. The predicted octanol–water partition coefficient (Wildman–Crippen LogP) is 6.60. The third-order valence-corrected chi connectivity index (χ3v) is 4.57. The van der Waals surface area contributed by atoms with E-state index in [2.05, 4.69) is 73.6 Å². The summed E-state index contributed by atoms with van der Waals surface area (Å²) in [5, 5.41) is 6.13. The molecule has 4 heteroatoms. The number of halogens is 1. The lowest BCUT2D eigenvalue weighted by Crippen LogP contribution is -2.27. The molecule has 0 N–H and O–H groups in total. The Kier molecular flexibility index (Phi) is 10.5. The van der Waals surface area contributed by atoms with E-state index in [-0.39, 0.29) is 17.8 Å². The van der Waals surface area contributed by atoms with E-state index in [1.54, 1.807) is 5.01 Å². The quantitative estimate of drug-likeness (QED) is 0.525. The number of hydrogen-bond donors (Lipinski definition) is 0. The highest BCUT2D eigenvalue weighted by Gasteiger charge is 2.32. The number of amides is 1. The Bertz CT molecular complexity index is 744. The number of carbonyl (C=O) groups is 1. The number of carbonyl (C=O) groups excluding carboxylic acids is 1. The van der Waals surface area contributed by atoms with Crippen LogP contribution in [0.4, 0.5) is 0 Å². The predicted molar refractivity (Wildman–Crippen MR) is 122 cm³/mol. The van der Waals surface area contributed by atoms with Crippen molar-refractivity contribution in [2.75, 3.05) is 5.88 Å². The van der Waals surface area contributed by atoms with Crippen LogP contribution >= 0.6 is 11.6 Å². The van der Waals surface area contributed by atoms with E-state index < -0.39 is 0 Å². The van der Waals surface area contributed by atoms with Crippen molar-refractivity contribution in [1.29, 1.82) is 0 Å². The normalized spacial score (nSPS) is 20.2. The molecule has 1 aliphatic heterocycles. The first-order chi connectivity index (χ1) is 13.6. The van der Waals surface area contributed by atoms with Gasteiger partial charge in [-0.15, -0.1) is 11.6 Å². The molecule has 152 valence electrons. The van der Waals surface area contributed by atoms with Crippen molar-refractivity contribution in [3.8, 4) is 0 Å². The van der Waals surface area contributed by atoms with Crippen molar-refractivity contribution in [1.82, 2.24) is 5.01 Å². The summed E-state index contributed by atoms with van der Waals surface area (Å²) in [5.41, 5.74) is 4.26. The average molecular weight is 401 g/mol. The molecule has 2 atom stereocenters. The van der Waals surface area contributed by atoms with E-state index in [0.29, 0.717) is 12.3 Å². The largest absolute Gasteiger partial charge is 0.272 e. The van der Waals surface area contributed by atoms with E-state index >= 15 is 0 Å². The van der Waals surface area contributed by atoms with Crippen molar-refractivity contribution in [3.05, 3.63) is 71.3 Å². The summed E-state index contributed by atoms with van der Waals surface area (Å²) < 4.78 is 0. The first kappa shape index (κ1) is 23.9. The van der Waals surface area contributed by atoms with E-state index in [0.717, 1.165) is 16.8 Å². The maximum atomic E-state index is 12.2. The summed E-state index contributed by atoms with van der Waals surface area (Å²) in [6, 6.07) is 8.15. The molecule has 2 aliphatic rings. The fraction of sp³-hybridized carbons (Fsp3) is 0.417. The third kappa shape index (κ3) is 6.20. The second-order valence-electron chi connectivity index (χ2n) is 6.27. The molecule has 0 saturated heterocycles. The number of alkyl halides is 1. The fourth-order valence-electron chi connectivity index (χ4n) is 2.93. The maximum Gasteiger partial charge on any atom is 0.258 e. The van der Waals surface area contributed by atoms with Gasteiger partial charge in [-0.25, -0.2) is 5.01 Å². The number of hydrogen-bond acceptors (Lipinski definition) is 2. The number of benzene rings is 1. The van der Waals surface area contributed by atoms with Crippen molar-refractivity contribution in [2.45, 2.75) is 54.0 Å². The molecule has 1 heterocycles. The van der Waals surface area contributed by atoms with Crippen LogP contribution in [0, 0.1) is 12.8 Å². The Morgan fingerprint density at radius 2 is 1.79 bits per heavy atom. The lowest BCUT2D eigenvalue weighted by molar-refractivity contribution is -0.130. The van der Waals surface area contributed by atoms with Gasteiger partial charge in [0.1, 0.15) is 5.88 Å². The number of aryl methyl sites for hydroxylation is 1. The molecule has 0 fully saturated rings. The summed E-state index contributed by atoms with van der Waals surface area (Å²) in [4.78, 5) is 12.2. The fourth-order valence-corrected chi connectivity index (χ4v) is 3.05. The van der Waals surface area contributed by atoms with Crippen molar-refractivity contribution >= 4 is 23.2 Å². The molecule has 1 aromatic rings. The minimum Gasteiger partial charge on any atom is -0.272 e. The Morgan fingerprint density at radius 3 is 2.39 bits per heavy atom. The van der Waals surface area contributed by atoms with Gasteiger partial charge in [-0.2, -0.15) is 5.10 Å². The van der Waals surface area contributed by atoms with Gasteiger partial charge < -0.3 is 0 Å². The highest BCUT2D eigenvalue weighted by Crippen LogP contribution is 2.33. The van der Waals surface area contributed by atoms with Gasteiger partial charge in [-0.05, 0) is 24.0 Å². The standard InChI is InChI=1S/C20H21ClN2O.2C2H6/c1-14-4-3-5-16(9-6-14)18-12-19(23(22-18)20(24)13-21)17-10-7-15(2)8-11-17;2*1-2/h3-11,14,19H,12-13H2,1-2H3;2*1-2H3. The number of nitrogens with zero attached hydrogens (tertiary/aromatic N) is 2. The molecule has 1 amide bonds. The summed E-state index contributed by atoms with van der Waals surface area (Å²) in [5.74, 6) is 0.166. The lowest BCUT2D eigenvalue weighted by Gasteiger charge is -2.21. The van der Waals surface area contributed by atoms with Crippen LogP contribution in [0.3, 0.4) is 0 Å². The molecule has 0 saturated carbocycles. The first-order valence-corrected chi connectivity index (χ1v) is 10.7. The molecule has 3 rings (SSSR count). The zero-order valence-electron chi connectivity index (χ0n) is 17.9. The molecule has 1 aromatic carbocycles. The van der Waals surface area contributed by atoms with E-state index in [1.807, 2.05) is 27.7 Å². The number of hydrazone groups is 1. The molecule has 1 aliphatic carbocycles. The second kappa shape index (κ2) is 12.4. The Hall–Kier alpha value is -2.13. The summed E-state index contributed by atoms with van der Waals surface area (Å²) in [7, 11) is 0. The summed E-state index contributed by atoms with van der Waals surface area (Å²) in [6.07, 6.45) is 11.2. The minimum absolute atomic E-state index is 0.0645. The molecule has 28 heavy (non-hydrogen) atoms. The van der Waals surface area contributed by atoms with Gasteiger partial charge in [0.25, 0.3) is 5.91 Å². The number of allylic oxidation sites excluding steroid dienone is 6. The van der Waals surface area contributed by atoms with Crippen LogP contribution in [0.1, 0.15) is 58.2 Å². The topological polar surface area (TPSA) is 32.7 Å². The van der Waals surface area contributed by atoms with Crippen molar-refractivity contribution < 1.29 is 4.79 Å². The summed E-state index contributed by atoms with van der Waals surface area (Å²) in [6.45, 7) is 12.2. The van der Waals surface area contributed by atoms with Crippen LogP contribution in [-0.2, 0) is 4.79 Å². The SMILES string of the molecule is CC.CC.Cc1ccc(C2CC(C3=CC=CC(C)C=C3)=NN2C(=O)CCl)cc1. The van der Waals surface area contributed by atoms with Crippen LogP contribution in [0.2, 0.25) is 0 Å². The van der Waals surface area contributed by atoms with Crippen LogP contribution in [0.5, 0.6) is 0 Å². The zero-order chi connectivity index (χ0) is 21.1. The zero-order valence-corrected chi connectivity index (χ0v) is 18.7. The molecule has 0 radical (unpaired) electrons. The van der Waals surface area contributed by atoms with Gasteiger partial charge in [0.15, 0.2) is 0 Å². The average Bonchev–Trinajstić information content (AvgIpc) is 3.07. The van der Waals surface area contributed by atoms with E-state index in [1.165, 1.54) is 5.56 Å². The van der Waals surface area contributed by atoms with Gasteiger partial charge in [0.2, 0.25) is 0 Å².